The van der Waals surface area contributed by atoms with Crippen molar-refractivity contribution in [2.45, 2.75) is 38.8 Å². The monoisotopic (exact) mass is 261 g/mol. The Kier molecular flexibility index (Phi) is 4.56. The molecule has 0 aliphatic carbocycles. The van der Waals surface area contributed by atoms with Gasteiger partial charge in [-0.1, -0.05) is 25.1 Å². The number of benzene rings is 1. The molecule has 1 aromatic carbocycles. The molecule has 0 spiro atoms. The van der Waals surface area contributed by atoms with Gasteiger partial charge in [-0.15, -0.1) is 0 Å². The highest BCUT2D eigenvalue weighted by molar-refractivity contribution is 5.78. The van der Waals surface area contributed by atoms with Gasteiger partial charge in [0, 0.05) is 17.5 Å². The molecule has 0 bridgehead atoms. The molecule has 2 rings (SSSR count). The maximum absolute atomic E-state index is 9.46. The average Bonchev–Trinajstić information content (AvgIpc) is 2.83. The molecule has 0 saturated heterocycles. The first-order chi connectivity index (χ1) is 9.18. The maximum atomic E-state index is 9.46. The quantitative estimate of drug-likeness (QED) is 0.803. The predicted molar refractivity (Wildman–Crippen MR) is 78.1 cm³/mol. The molecular formula is C15H23N3O. The summed E-state index contributed by atoms with van der Waals surface area (Å²) >= 11 is 0. The van der Waals surface area contributed by atoms with Crippen LogP contribution in [0.2, 0.25) is 0 Å². The number of aryl methyl sites for hydroxylation is 1. The van der Waals surface area contributed by atoms with Gasteiger partial charge in [-0.25, -0.2) is 0 Å². The summed E-state index contributed by atoms with van der Waals surface area (Å²) in [6.07, 6.45) is 3.84. The lowest BCUT2D eigenvalue weighted by Gasteiger charge is -2.28. The standard InChI is InChI=1S/C15H23N3O/c1-3-16-15(2,12-19)9-6-10-18-14-8-5-4-7-13(14)11-17-18/h4-5,7-8,11,16,19H,3,6,9-10,12H2,1-2H3. The van der Waals surface area contributed by atoms with E-state index in [9.17, 15) is 5.11 Å². The predicted octanol–water partition coefficient (Wildman–Crippen LogP) is 2.18. The van der Waals surface area contributed by atoms with Gasteiger partial charge in [0.15, 0.2) is 0 Å². The first-order valence-corrected chi connectivity index (χ1v) is 6.95. The number of nitrogens with zero attached hydrogens (tertiary/aromatic N) is 2. The lowest BCUT2D eigenvalue weighted by atomic mass is 9.97. The summed E-state index contributed by atoms with van der Waals surface area (Å²) in [6, 6.07) is 8.24. The van der Waals surface area contributed by atoms with Crippen LogP contribution < -0.4 is 5.32 Å². The van der Waals surface area contributed by atoms with Gasteiger partial charge >= 0.3 is 0 Å². The maximum Gasteiger partial charge on any atom is 0.0682 e. The Labute approximate surface area is 114 Å². The average molecular weight is 261 g/mol. The van der Waals surface area contributed by atoms with E-state index in [1.807, 2.05) is 23.0 Å². The Morgan fingerprint density at radius 1 is 1.37 bits per heavy atom. The zero-order valence-corrected chi connectivity index (χ0v) is 11.8. The number of hydrogen-bond donors (Lipinski definition) is 2. The van der Waals surface area contributed by atoms with E-state index >= 15 is 0 Å². The second-order valence-corrected chi connectivity index (χ2v) is 5.28. The van der Waals surface area contributed by atoms with Crippen LogP contribution in [0.15, 0.2) is 30.5 Å². The summed E-state index contributed by atoms with van der Waals surface area (Å²) in [5.41, 5.74) is 0.995. The number of fused-ring (bicyclic) bond motifs is 1. The minimum atomic E-state index is -0.183. The Morgan fingerprint density at radius 2 is 2.16 bits per heavy atom. The van der Waals surface area contributed by atoms with Gasteiger partial charge in [-0.2, -0.15) is 5.10 Å². The smallest absolute Gasteiger partial charge is 0.0682 e. The number of rotatable bonds is 7. The fourth-order valence-electron chi connectivity index (χ4n) is 2.47. The van der Waals surface area contributed by atoms with E-state index in [1.165, 1.54) is 10.9 Å². The van der Waals surface area contributed by atoms with E-state index in [0.29, 0.717) is 0 Å². The number of aliphatic hydroxyl groups is 1. The Morgan fingerprint density at radius 3 is 2.89 bits per heavy atom. The SMILES string of the molecule is CCNC(C)(CO)CCCn1ncc2ccccc21. The molecule has 1 unspecified atom stereocenters. The molecule has 0 fully saturated rings. The number of aromatic nitrogens is 2. The third kappa shape index (κ3) is 3.33. The zero-order chi connectivity index (χ0) is 13.7. The number of aliphatic hydroxyl groups excluding tert-OH is 1. The largest absolute Gasteiger partial charge is 0.394 e. The van der Waals surface area contributed by atoms with Crippen LogP contribution in [-0.2, 0) is 6.54 Å². The van der Waals surface area contributed by atoms with Crippen molar-refractivity contribution in [1.29, 1.82) is 0 Å². The van der Waals surface area contributed by atoms with Crippen molar-refractivity contribution < 1.29 is 5.11 Å². The highest BCUT2D eigenvalue weighted by Crippen LogP contribution is 2.16. The summed E-state index contributed by atoms with van der Waals surface area (Å²) in [4.78, 5) is 0. The normalized spacial score (nSPS) is 14.7. The topological polar surface area (TPSA) is 50.1 Å². The van der Waals surface area contributed by atoms with E-state index in [4.69, 9.17) is 0 Å². The second-order valence-electron chi connectivity index (χ2n) is 5.28. The molecule has 0 saturated carbocycles. The van der Waals surface area contributed by atoms with Crippen molar-refractivity contribution >= 4 is 10.9 Å². The van der Waals surface area contributed by atoms with E-state index in [-0.39, 0.29) is 12.1 Å². The molecule has 2 N–H and O–H groups in total. The number of hydrogen-bond acceptors (Lipinski definition) is 3. The van der Waals surface area contributed by atoms with Crippen molar-refractivity contribution in [3.63, 3.8) is 0 Å². The van der Waals surface area contributed by atoms with Crippen molar-refractivity contribution in [2.75, 3.05) is 13.2 Å². The summed E-state index contributed by atoms with van der Waals surface area (Å²) in [5, 5.41) is 18.4. The highest BCUT2D eigenvalue weighted by atomic mass is 16.3. The first-order valence-electron chi connectivity index (χ1n) is 6.95. The van der Waals surface area contributed by atoms with Gasteiger partial charge in [0.25, 0.3) is 0 Å². The summed E-state index contributed by atoms with van der Waals surface area (Å²) in [7, 11) is 0. The van der Waals surface area contributed by atoms with Crippen LogP contribution in [0.5, 0.6) is 0 Å². The van der Waals surface area contributed by atoms with Gasteiger partial charge < -0.3 is 10.4 Å². The molecule has 4 nitrogen and oxygen atoms in total. The minimum Gasteiger partial charge on any atom is -0.394 e. The number of nitrogens with one attached hydrogen (secondary N) is 1. The van der Waals surface area contributed by atoms with E-state index < -0.39 is 0 Å². The number of likely N-dealkylation sites (N-methyl/N-ethyl adjacent to an activating group) is 1. The van der Waals surface area contributed by atoms with Crippen molar-refractivity contribution in [3.8, 4) is 0 Å². The molecule has 4 heteroatoms. The minimum absolute atomic E-state index is 0.167. The number of para-hydroxylation sites is 1. The zero-order valence-electron chi connectivity index (χ0n) is 11.8. The van der Waals surface area contributed by atoms with Gasteiger partial charge in [0.2, 0.25) is 0 Å². The van der Waals surface area contributed by atoms with E-state index in [1.54, 1.807) is 0 Å². The highest BCUT2D eigenvalue weighted by Gasteiger charge is 2.21. The summed E-state index contributed by atoms with van der Waals surface area (Å²) in [5.74, 6) is 0. The van der Waals surface area contributed by atoms with Gasteiger partial charge in [0.05, 0.1) is 18.3 Å². The molecule has 19 heavy (non-hydrogen) atoms. The molecule has 104 valence electrons. The Hall–Kier alpha value is -1.39. The second kappa shape index (κ2) is 6.17. The van der Waals surface area contributed by atoms with Crippen LogP contribution in [-0.4, -0.2) is 33.6 Å². The van der Waals surface area contributed by atoms with Crippen LogP contribution >= 0.6 is 0 Å². The third-order valence-corrected chi connectivity index (χ3v) is 3.60. The van der Waals surface area contributed by atoms with Gasteiger partial charge in [-0.05, 0) is 32.4 Å². The third-order valence-electron chi connectivity index (χ3n) is 3.60. The van der Waals surface area contributed by atoms with Crippen LogP contribution in [0.25, 0.3) is 10.9 Å². The van der Waals surface area contributed by atoms with Crippen molar-refractivity contribution in [1.82, 2.24) is 15.1 Å². The molecular weight excluding hydrogens is 238 g/mol. The fourth-order valence-corrected chi connectivity index (χ4v) is 2.47. The van der Waals surface area contributed by atoms with Crippen molar-refractivity contribution in [2.24, 2.45) is 0 Å². The Balaban J connectivity index is 1.95. The van der Waals surface area contributed by atoms with Crippen molar-refractivity contribution in [3.05, 3.63) is 30.5 Å². The summed E-state index contributed by atoms with van der Waals surface area (Å²) in [6.45, 7) is 6.06. The first kappa shape index (κ1) is 14.0. The van der Waals surface area contributed by atoms with E-state index in [0.717, 1.165) is 25.9 Å². The molecule has 1 heterocycles. The lowest BCUT2D eigenvalue weighted by molar-refractivity contribution is 0.164. The Bertz CT molecular complexity index is 523. The van der Waals surface area contributed by atoms with E-state index in [2.05, 4.69) is 36.4 Å². The molecule has 0 amide bonds. The molecule has 2 aromatic rings. The molecule has 1 atom stereocenters. The van der Waals surface area contributed by atoms with Gasteiger partial charge in [0.1, 0.15) is 0 Å². The van der Waals surface area contributed by atoms with Crippen LogP contribution in [0.4, 0.5) is 0 Å². The fraction of sp³-hybridized carbons (Fsp3) is 0.533. The summed E-state index contributed by atoms with van der Waals surface area (Å²) < 4.78 is 2.04. The van der Waals surface area contributed by atoms with Crippen LogP contribution in [0, 0.1) is 0 Å². The molecule has 0 aliphatic heterocycles. The molecule has 1 aromatic heterocycles. The van der Waals surface area contributed by atoms with Gasteiger partial charge in [-0.3, -0.25) is 4.68 Å². The molecule has 0 radical (unpaired) electrons. The van der Waals surface area contributed by atoms with Crippen LogP contribution in [0.3, 0.4) is 0 Å². The lowest BCUT2D eigenvalue weighted by Crippen LogP contribution is -2.45. The van der Waals surface area contributed by atoms with Crippen LogP contribution in [0.1, 0.15) is 26.7 Å². The molecule has 0 aliphatic rings.